The first kappa shape index (κ1) is 23.7. The summed E-state index contributed by atoms with van der Waals surface area (Å²) in [6.45, 7) is 6.12. The molecule has 0 atom stereocenters. The summed E-state index contributed by atoms with van der Waals surface area (Å²) in [5, 5.41) is 16.5. The van der Waals surface area contributed by atoms with Crippen molar-refractivity contribution in [2.24, 2.45) is 0 Å². The van der Waals surface area contributed by atoms with Gasteiger partial charge in [0.25, 0.3) is 0 Å². The number of benzene rings is 1. The zero-order valence-corrected chi connectivity index (χ0v) is 18.0. The summed E-state index contributed by atoms with van der Waals surface area (Å²) in [6, 6.07) is 5.77. The molecule has 0 spiro atoms. The zero-order chi connectivity index (χ0) is 19.6. The molecule has 27 heavy (non-hydrogen) atoms. The van der Waals surface area contributed by atoms with Crippen molar-refractivity contribution in [1.82, 2.24) is 0 Å². The highest BCUT2D eigenvalue weighted by Gasteiger charge is 2.01. The minimum atomic E-state index is 0.322. The van der Waals surface area contributed by atoms with Gasteiger partial charge in [0.05, 0.1) is 5.69 Å². The average molecular weight is 377 g/mol. The number of nitrogens with one attached hydrogen (secondary N) is 2. The van der Waals surface area contributed by atoms with Gasteiger partial charge in [0.2, 0.25) is 0 Å². The highest BCUT2D eigenvalue weighted by atomic mass is 16.3. The fraction of sp³-hybridized carbons (Fsp3) is 0.750. The molecule has 0 bridgehead atoms. The van der Waals surface area contributed by atoms with Crippen molar-refractivity contribution in [3.05, 3.63) is 18.2 Å². The van der Waals surface area contributed by atoms with Crippen LogP contribution in [0, 0.1) is 0 Å². The molecule has 0 fully saturated rings. The Morgan fingerprint density at radius 2 is 1.19 bits per heavy atom. The number of phenolic OH excluding ortho intramolecular Hbond substituents is 1. The van der Waals surface area contributed by atoms with Gasteiger partial charge in [0, 0.05) is 24.8 Å². The van der Waals surface area contributed by atoms with Crippen molar-refractivity contribution < 1.29 is 5.11 Å². The van der Waals surface area contributed by atoms with E-state index in [9.17, 15) is 5.11 Å². The number of hydrogen-bond acceptors (Lipinski definition) is 3. The molecule has 0 aromatic heterocycles. The van der Waals surface area contributed by atoms with Crippen LogP contribution in [0.4, 0.5) is 11.4 Å². The maximum absolute atomic E-state index is 9.95. The van der Waals surface area contributed by atoms with Crippen LogP contribution in [-0.4, -0.2) is 18.2 Å². The summed E-state index contributed by atoms with van der Waals surface area (Å²) in [4.78, 5) is 0. The minimum Gasteiger partial charge on any atom is -0.506 e. The van der Waals surface area contributed by atoms with E-state index in [4.69, 9.17) is 0 Å². The van der Waals surface area contributed by atoms with E-state index < -0.39 is 0 Å². The fourth-order valence-electron chi connectivity index (χ4n) is 3.53. The Morgan fingerprint density at radius 3 is 1.67 bits per heavy atom. The molecular formula is C24H44N2O. The number of unbranched alkanes of at least 4 members (excludes halogenated alkanes) is 13. The van der Waals surface area contributed by atoms with E-state index in [1.807, 2.05) is 25.1 Å². The molecule has 0 aliphatic rings. The normalized spacial score (nSPS) is 10.9. The molecule has 0 heterocycles. The van der Waals surface area contributed by atoms with E-state index in [1.54, 1.807) is 0 Å². The SMILES string of the molecule is CCCCCCCCCCCCCCCCNc1ccc(NCC)c(O)c1. The molecule has 3 nitrogen and oxygen atoms in total. The maximum Gasteiger partial charge on any atom is 0.140 e. The van der Waals surface area contributed by atoms with Crippen molar-refractivity contribution in [3.8, 4) is 5.75 Å². The summed E-state index contributed by atoms with van der Waals surface area (Å²) in [5.74, 6) is 0.322. The van der Waals surface area contributed by atoms with Gasteiger partial charge in [-0.25, -0.2) is 0 Å². The van der Waals surface area contributed by atoms with Gasteiger partial charge in [-0.15, -0.1) is 0 Å². The van der Waals surface area contributed by atoms with Gasteiger partial charge >= 0.3 is 0 Å². The third kappa shape index (κ3) is 12.6. The monoisotopic (exact) mass is 376 g/mol. The Balaban J connectivity index is 1.87. The molecule has 156 valence electrons. The molecule has 0 unspecified atom stereocenters. The van der Waals surface area contributed by atoms with E-state index in [-0.39, 0.29) is 0 Å². The molecule has 0 saturated heterocycles. The van der Waals surface area contributed by atoms with E-state index in [0.29, 0.717) is 5.75 Å². The third-order valence-corrected chi connectivity index (χ3v) is 5.22. The largest absolute Gasteiger partial charge is 0.506 e. The predicted molar refractivity (Wildman–Crippen MR) is 121 cm³/mol. The van der Waals surface area contributed by atoms with Crippen molar-refractivity contribution in [3.63, 3.8) is 0 Å². The van der Waals surface area contributed by atoms with Gasteiger partial charge in [0.15, 0.2) is 0 Å². The Morgan fingerprint density at radius 1 is 0.667 bits per heavy atom. The van der Waals surface area contributed by atoms with Crippen molar-refractivity contribution in [1.29, 1.82) is 0 Å². The smallest absolute Gasteiger partial charge is 0.140 e. The number of aromatic hydroxyl groups is 1. The number of phenols is 1. The molecular weight excluding hydrogens is 332 g/mol. The Kier molecular flexibility index (Phi) is 14.7. The van der Waals surface area contributed by atoms with E-state index in [2.05, 4.69) is 17.6 Å². The van der Waals surface area contributed by atoms with Gasteiger partial charge < -0.3 is 15.7 Å². The van der Waals surface area contributed by atoms with Crippen LogP contribution < -0.4 is 10.6 Å². The lowest BCUT2D eigenvalue weighted by molar-refractivity contribution is 0.477. The highest BCUT2D eigenvalue weighted by molar-refractivity contribution is 5.63. The molecule has 0 aliphatic carbocycles. The molecule has 0 saturated carbocycles. The van der Waals surface area contributed by atoms with Crippen molar-refractivity contribution in [2.75, 3.05) is 23.7 Å². The first-order chi connectivity index (χ1) is 13.3. The Hall–Kier alpha value is -1.38. The maximum atomic E-state index is 9.95. The lowest BCUT2D eigenvalue weighted by Gasteiger charge is -2.10. The standard InChI is InChI=1S/C24H44N2O/c1-3-5-6-7-8-9-10-11-12-13-14-15-16-17-20-26-22-18-19-23(25-4-2)24(27)21-22/h18-19,21,25-27H,3-17,20H2,1-2H3. The van der Waals surface area contributed by atoms with Crippen LogP contribution in [0.1, 0.15) is 104 Å². The topological polar surface area (TPSA) is 44.3 Å². The van der Waals surface area contributed by atoms with Crippen LogP contribution in [0.3, 0.4) is 0 Å². The molecule has 1 aromatic rings. The quantitative estimate of drug-likeness (QED) is 0.181. The highest BCUT2D eigenvalue weighted by Crippen LogP contribution is 2.26. The number of anilines is 2. The summed E-state index contributed by atoms with van der Waals surface area (Å²) in [7, 11) is 0. The van der Waals surface area contributed by atoms with Gasteiger partial charge in [0.1, 0.15) is 5.75 Å². The van der Waals surface area contributed by atoms with Crippen LogP contribution in [-0.2, 0) is 0 Å². The summed E-state index contributed by atoms with van der Waals surface area (Å²) in [6.07, 6.45) is 19.5. The van der Waals surface area contributed by atoms with Gasteiger partial charge in [-0.2, -0.15) is 0 Å². The van der Waals surface area contributed by atoms with Crippen LogP contribution in [0.2, 0.25) is 0 Å². The molecule has 3 N–H and O–H groups in total. The van der Waals surface area contributed by atoms with Gasteiger partial charge in [-0.3, -0.25) is 0 Å². The Labute approximate surface area is 168 Å². The Bertz CT molecular complexity index is 462. The predicted octanol–water partition coefficient (Wildman–Crippen LogP) is 7.72. The fourth-order valence-corrected chi connectivity index (χ4v) is 3.53. The second-order valence-corrected chi connectivity index (χ2v) is 7.79. The molecule has 0 radical (unpaired) electrons. The average Bonchev–Trinajstić information content (AvgIpc) is 2.67. The third-order valence-electron chi connectivity index (χ3n) is 5.22. The van der Waals surface area contributed by atoms with Crippen LogP contribution in [0.25, 0.3) is 0 Å². The second kappa shape index (κ2) is 16.8. The molecule has 1 rings (SSSR count). The lowest BCUT2D eigenvalue weighted by Crippen LogP contribution is -2.02. The van der Waals surface area contributed by atoms with Gasteiger partial charge in [-0.1, -0.05) is 90.4 Å². The van der Waals surface area contributed by atoms with Crippen molar-refractivity contribution >= 4 is 11.4 Å². The molecule has 0 amide bonds. The van der Waals surface area contributed by atoms with E-state index in [0.717, 1.165) is 24.5 Å². The van der Waals surface area contributed by atoms with E-state index >= 15 is 0 Å². The first-order valence-electron chi connectivity index (χ1n) is 11.6. The number of hydrogen-bond donors (Lipinski definition) is 3. The number of rotatable bonds is 18. The first-order valence-corrected chi connectivity index (χ1v) is 11.6. The van der Waals surface area contributed by atoms with Crippen LogP contribution in [0.5, 0.6) is 5.75 Å². The zero-order valence-electron chi connectivity index (χ0n) is 18.0. The van der Waals surface area contributed by atoms with Crippen LogP contribution >= 0.6 is 0 Å². The molecule has 3 heteroatoms. The van der Waals surface area contributed by atoms with Crippen LogP contribution in [0.15, 0.2) is 18.2 Å². The summed E-state index contributed by atoms with van der Waals surface area (Å²) < 4.78 is 0. The second-order valence-electron chi connectivity index (χ2n) is 7.79. The summed E-state index contributed by atoms with van der Waals surface area (Å²) in [5.41, 5.74) is 1.81. The molecule has 0 aliphatic heterocycles. The molecule has 1 aromatic carbocycles. The van der Waals surface area contributed by atoms with Gasteiger partial charge in [-0.05, 0) is 25.5 Å². The lowest BCUT2D eigenvalue weighted by atomic mass is 10.0. The summed E-state index contributed by atoms with van der Waals surface area (Å²) >= 11 is 0. The minimum absolute atomic E-state index is 0.322. The van der Waals surface area contributed by atoms with E-state index in [1.165, 1.54) is 89.9 Å². The van der Waals surface area contributed by atoms with Crippen molar-refractivity contribution in [2.45, 2.75) is 104 Å².